The zero-order chi connectivity index (χ0) is 13.9. The molecule has 1 fully saturated rings. The third kappa shape index (κ3) is 2.87. The predicted molar refractivity (Wildman–Crippen MR) is 78.4 cm³/mol. The summed E-state index contributed by atoms with van der Waals surface area (Å²) in [6, 6.07) is 6.57. The monoisotopic (exact) mass is 291 g/mol. The lowest BCUT2D eigenvalue weighted by molar-refractivity contribution is 0.624. The van der Waals surface area contributed by atoms with Crippen LogP contribution in [0.5, 0.6) is 0 Å². The van der Waals surface area contributed by atoms with Crippen LogP contribution in [0.4, 0.5) is 5.69 Å². The number of nitrogens with zero attached hydrogens (tertiary/aromatic N) is 4. The van der Waals surface area contributed by atoms with Crippen molar-refractivity contribution in [2.45, 2.75) is 25.8 Å². The number of hydrogen-bond donors (Lipinski definition) is 1. The highest BCUT2D eigenvalue weighted by Gasteiger charge is 2.17. The Hall–Kier alpha value is -1.76. The number of nitrogens with one attached hydrogen (secondary N) is 1. The van der Waals surface area contributed by atoms with E-state index in [-0.39, 0.29) is 0 Å². The lowest BCUT2D eigenvalue weighted by Gasteiger charge is -2.24. The minimum atomic E-state index is -0.613. The van der Waals surface area contributed by atoms with Gasteiger partial charge in [0.25, 0.3) is 0 Å². The fraction of sp³-hybridized carbons (Fsp3) is 0.462. The molecule has 0 spiro atoms. The normalized spacial score (nSPS) is 22.6. The summed E-state index contributed by atoms with van der Waals surface area (Å²) in [5, 5.41) is 14.7. The number of aryl methyl sites for hydroxylation is 1. The first-order valence-corrected chi connectivity index (χ1v) is 8.17. The fourth-order valence-corrected chi connectivity index (χ4v) is 3.75. The zero-order valence-corrected chi connectivity index (χ0v) is 12.1. The first kappa shape index (κ1) is 13.2. The number of rotatable bonds is 3. The quantitative estimate of drug-likeness (QED) is 0.922. The van der Waals surface area contributed by atoms with Crippen LogP contribution in [-0.2, 0) is 10.8 Å². The molecular formula is C13H17N5OS. The molecule has 6 nitrogen and oxygen atoms in total. The summed E-state index contributed by atoms with van der Waals surface area (Å²) >= 11 is 0. The molecule has 7 heteroatoms. The lowest BCUT2D eigenvalue weighted by atomic mass is 10.1. The topological polar surface area (TPSA) is 72.7 Å². The van der Waals surface area contributed by atoms with E-state index in [1.54, 1.807) is 11.0 Å². The molecule has 106 valence electrons. The van der Waals surface area contributed by atoms with Gasteiger partial charge in [-0.1, -0.05) is 0 Å². The second-order valence-electron chi connectivity index (χ2n) is 5.02. The van der Waals surface area contributed by atoms with Gasteiger partial charge in [-0.15, -0.1) is 5.10 Å². The maximum atomic E-state index is 11.4. The third-order valence-electron chi connectivity index (χ3n) is 3.55. The molecule has 1 aromatic heterocycles. The van der Waals surface area contributed by atoms with Crippen molar-refractivity contribution >= 4 is 16.5 Å². The Morgan fingerprint density at radius 2 is 2.15 bits per heavy atom. The first-order valence-electron chi connectivity index (χ1n) is 6.68. The van der Waals surface area contributed by atoms with E-state index in [1.807, 2.05) is 19.1 Å². The smallest absolute Gasteiger partial charge is 0.143 e. The number of benzene rings is 1. The van der Waals surface area contributed by atoms with Gasteiger partial charge < -0.3 is 5.32 Å². The molecule has 3 rings (SSSR count). The SMILES string of the molecule is Cc1cc(NC2CCS(=O)CC2)ccc1-n1cnnn1. The Morgan fingerprint density at radius 1 is 1.35 bits per heavy atom. The van der Waals surface area contributed by atoms with Crippen molar-refractivity contribution in [2.24, 2.45) is 0 Å². The number of aromatic nitrogens is 4. The van der Waals surface area contributed by atoms with E-state index in [9.17, 15) is 4.21 Å². The van der Waals surface area contributed by atoms with Crippen LogP contribution in [0.25, 0.3) is 5.69 Å². The molecule has 0 radical (unpaired) electrons. The Bertz CT molecular complexity index is 603. The van der Waals surface area contributed by atoms with Gasteiger partial charge in [0.15, 0.2) is 0 Å². The molecule has 1 N–H and O–H groups in total. The molecule has 0 unspecified atom stereocenters. The van der Waals surface area contributed by atoms with Gasteiger partial charge in [0.05, 0.1) is 5.69 Å². The van der Waals surface area contributed by atoms with Crippen LogP contribution < -0.4 is 5.32 Å². The lowest BCUT2D eigenvalue weighted by Crippen LogP contribution is -2.29. The molecule has 1 aromatic carbocycles. The summed E-state index contributed by atoms with van der Waals surface area (Å²) in [5.74, 6) is 1.61. The van der Waals surface area contributed by atoms with Crippen molar-refractivity contribution < 1.29 is 4.21 Å². The molecule has 2 aromatic rings. The van der Waals surface area contributed by atoms with Crippen LogP contribution in [0.2, 0.25) is 0 Å². The van der Waals surface area contributed by atoms with E-state index >= 15 is 0 Å². The molecule has 2 heterocycles. The Kier molecular flexibility index (Phi) is 3.77. The van der Waals surface area contributed by atoms with Crippen LogP contribution in [0.15, 0.2) is 24.5 Å². The van der Waals surface area contributed by atoms with Crippen molar-refractivity contribution in [3.05, 3.63) is 30.1 Å². The minimum Gasteiger partial charge on any atom is -0.382 e. The largest absolute Gasteiger partial charge is 0.382 e. The van der Waals surface area contributed by atoms with Gasteiger partial charge in [0, 0.05) is 34.0 Å². The molecule has 1 aliphatic heterocycles. The summed E-state index contributed by atoms with van der Waals surface area (Å²) in [6.45, 7) is 2.04. The van der Waals surface area contributed by atoms with Gasteiger partial charge in [-0.25, -0.2) is 4.68 Å². The summed E-state index contributed by atoms with van der Waals surface area (Å²) in [7, 11) is -0.613. The van der Waals surface area contributed by atoms with Crippen LogP contribution in [0.3, 0.4) is 0 Å². The van der Waals surface area contributed by atoms with Gasteiger partial charge >= 0.3 is 0 Å². The Labute approximate surface area is 120 Å². The Morgan fingerprint density at radius 3 is 2.80 bits per heavy atom. The molecule has 0 aliphatic carbocycles. The zero-order valence-electron chi connectivity index (χ0n) is 11.3. The molecule has 0 atom stereocenters. The van der Waals surface area contributed by atoms with Crippen LogP contribution in [-0.4, -0.2) is 42.0 Å². The van der Waals surface area contributed by atoms with Crippen molar-refractivity contribution in [2.75, 3.05) is 16.8 Å². The third-order valence-corrected chi connectivity index (χ3v) is 4.93. The van der Waals surface area contributed by atoms with Crippen LogP contribution in [0.1, 0.15) is 18.4 Å². The van der Waals surface area contributed by atoms with E-state index in [1.165, 1.54) is 0 Å². The molecule has 0 bridgehead atoms. The maximum Gasteiger partial charge on any atom is 0.143 e. The van der Waals surface area contributed by atoms with Crippen LogP contribution >= 0.6 is 0 Å². The second kappa shape index (κ2) is 5.70. The van der Waals surface area contributed by atoms with E-state index in [0.717, 1.165) is 41.3 Å². The predicted octanol–water partition coefficient (Wildman–Crippen LogP) is 1.29. The average molecular weight is 291 g/mol. The Balaban J connectivity index is 1.72. The molecular weight excluding hydrogens is 274 g/mol. The van der Waals surface area contributed by atoms with E-state index in [2.05, 4.69) is 26.9 Å². The molecule has 0 saturated carbocycles. The van der Waals surface area contributed by atoms with E-state index in [0.29, 0.717) is 6.04 Å². The summed E-state index contributed by atoms with van der Waals surface area (Å²) in [6.07, 6.45) is 3.53. The number of hydrogen-bond acceptors (Lipinski definition) is 5. The highest BCUT2D eigenvalue weighted by atomic mass is 32.2. The summed E-state index contributed by atoms with van der Waals surface area (Å²) in [5.41, 5.74) is 3.18. The van der Waals surface area contributed by atoms with E-state index in [4.69, 9.17) is 0 Å². The van der Waals surface area contributed by atoms with Crippen LogP contribution in [0, 0.1) is 6.92 Å². The number of tetrazole rings is 1. The molecule has 1 aliphatic rings. The van der Waals surface area contributed by atoms with Crippen molar-refractivity contribution in [3.8, 4) is 5.69 Å². The summed E-state index contributed by atoms with van der Waals surface area (Å²) < 4.78 is 13.0. The molecule has 1 saturated heterocycles. The van der Waals surface area contributed by atoms with Crippen molar-refractivity contribution in [1.82, 2.24) is 20.2 Å². The maximum absolute atomic E-state index is 11.4. The van der Waals surface area contributed by atoms with Gasteiger partial charge in [-0.3, -0.25) is 4.21 Å². The average Bonchev–Trinajstić information content (AvgIpc) is 2.95. The highest BCUT2D eigenvalue weighted by Crippen LogP contribution is 2.21. The summed E-state index contributed by atoms with van der Waals surface area (Å²) in [4.78, 5) is 0. The highest BCUT2D eigenvalue weighted by molar-refractivity contribution is 7.85. The number of anilines is 1. The van der Waals surface area contributed by atoms with Gasteiger partial charge in [-0.2, -0.15) is 0 Å². The van der Waals surface area contributed by atoms with Crippen molar-refractivity contribution in [3.63, 3.8) is 0 Å². The molecule has 20 heavy (non-hydrogen) atoms. The standard InChI is InChI=1S/C13H17N5OS/c1-10-8-12(15-11-4-6-20(19)7-5-11)2-3-13(10)18-9-14-16-17-18/h2-3,8-9,11,15H,4-7H2,1H3. The van der Waals surface area contributed by atoms with E-state index < -0.39 is 10.8 Å². The fourth-order valence-electron chi connectivity index (χ4n) is 2.45. The second-order valence-corrected chi connectivity index (χ2v) is 6.72. The molecule has 0 amide bonds. The van der Waals surface area contributed by atoms with Gasteiger partial charge in [-0.05, 0) is 54.0 Å². The first-order chi connectivity index (χ1) is 9.72. The van der Waals surface area contributed by atoms with Crippen molar-refractivity contribution in [1.29, 1.82) is 0 Å². The minimum absolute atomic E-state index is 0.422. The van der Waals surface area contributed by atoms with Gasteiger partial charge in [0.1, 0.15) is 6.33 Å². The van der Waals surface area contributed by atoms with Gasteiger partial charge in [0.2, 0.25) is 0 Å².